The fourth-order valence-electron chi connectivity index (χ4n) is 1.50. The standard InChI is InChI=1S/C13H18ClN3/c1-17(2)8-4-3-7-16-12-6-5-11(10-15)13(14)9-12/h5-6,9,16H,3-4,7-8H2,1-2H3. The van der Waals surface area contributed by atoms with Crippen molar-refractivity contribution in [1.29, 1.82) is 5.26 Å². The average molecular weight is 252 g/mol. The summed E-state index contributed by atoms with van der Waals surface area (Å²) in [6, 6.07) is 7.47. The first-order valence-electron chi connectivity index (χ1n) is 5.71. The van der Waals surface area contributed by atoms with E-state index in [0.29, 0.717) is 10.6 Å². The highest BCUT2D eigenvalue weighted by Crippen LogP contribution is 2.20. The van der Waals surface area contributed by atoms with Gasteiger partial charge in [-0.3, -0.25) is 0 Å². The van der Waals surface area contributed by atoms with Gasteiger partial charge in [-0.2, -0.15) is 5.26 Å². The van der Waals surface area contributed by atoms with Crippen molar-refractivity contribution in [3.05, 3.63) is 28.8 Å². The maximum absolute atomic E-state index is 8.75. The number of rotatable bonds is 6. The third kappa shape index (κ3) is 5.08. The number of benzene rings is 1. The average Bonchev–Trinajstić information content (AvgIpc) is 2.28. The van der Waals surface area contributed by atoms with Crippen LogP contribution in [-0.2, 0) is 0 Å². The lowest BCUT2D eigenvalue weighted by molar-refractivity contribution is 0.396. The molecule has 0 radical (unpaired) electrons. The van der Waals surface area contributed by atoms with Crippen molar-refractivity contribution >= 4 is 17.3 Å². The summed E-state index contributed by atoms with van der Waals surface area (Å²) in [5.41, 5.74) is 1.49. The Bertz CT molecular complexity index is 396. The highest BCUT2D eigenvalue weighted by atomic mass is 35.5. The van der Waals surface area contributed by atoms with Crippen LogP contribution in [0.1, 0.15) is 18.4 Å². The van der Waals surface area contributed by atoms with Crippen molar-refractivity contribution in [2.24, 2.45) is 0 Å². The Hall–Kier alpha value is -1.24. The van der Waals surface area contributed by atoms with E-state index in [1.54, 1.807) is 12.1 Å². The normalized spacial score (nSPS) is 10.3. The van der Waals surface area contributed by atoms with Crippen molar-refractivity contribution in [2.75, 3.05) is 32.5 Å². The summed E-state index contributed by atoms with van der Waals surface area (Å²) in [5, 5.41) is 12.6. The smallest absolute Gasteiger partial charge is 0.101 e. The van der Waals surface area contributed by atoms with Gasteiger partial charge in [0.05, 0.1) is 10.6 Å². The maximum Gasteiger partial charge on any atom is 0.101 e. The zero-order valence-corrected chi connectivity index (χ0v) is 11.1. The Morgan fingerprint density at radius 3 is 2.71 bits per heavy atom. The van der Waals surface area contributed by atoms with Crippen LogP contribution in [0, 0.1) is 11.3 Å². The van der Waals surface area contributed by atoms with Gasteiger partial charge < -0.3 is 10.2 Å². The Balaban J connectivity index is 2.33. The lowest BCUT2D eigenvalue weighted by atomic mass is 10.2. The molecule has 0 saturated heterocycles. The maximum atomic E-state index is 8.75. The van der Waals surface area contributed by atoms with Crippen molar-refractivity contribution in [3.63, 3.8) is 0 Å². The molecule has 0 spiro atoms. The van der Waals surface area contributed by atoms with E-state index in [-0.39, 0.29) is 0 Å². The molecule has 1 rings (SSSR count). The number of hydrogen-bond acceptors (Lipinski definition) is 3. The SMILES string of the molecule is CN(C)CCCCNc1ccc(C#N)c(Cl)c1. The largest absolute Gasteiger partial charge is 0.385 e. The summed E-state index contributed by atoms with van der Waals surface area (Å²) in [4.78, 5) is 2.18. The van der Waals surface area contributed by atoms with Crippen LogP contribution in [0.15, 0.2) is 18.2 Å². The minimum absolute atomic E-state index is 0.505. The molecule has 0 unspecified atom stereocenters. The minimum Gasteiger partial charge on any atom is -0.385 e. The molecule has 17 heavy (non-hydrogen) atoms. The van der Waals surface area contributed by atoms with E-state index >= 15 is 0 Å². The molecule has 0 heterocycles. The van der Waals surface area contributed by atoms with E-state index < -0.39 is 0 Å². The molecule has 0 aliphatic rings. The minimum atomic E-state index is 0.505. The highest BCUT2D eigenvalue weighted by molar-refractivity contribution is 6.32. The van der Waals surface area contributed by atoms with Crippen LogP contribution in [0.5, 0.6) is 0 Å². The number of nitrogens with zero attached hydrogens (tertiary/aromatic N) is 2. The van der Waals surface area contributed by atoms with Crippen molar-refractivity contribution in [2.45, 2.75) is 12.8 Å². The Kier molecular flexibility index (Phi) is 5.82. The zero-order chi connectivity index (χ0) is 12.7. The second kappa shape index (κ2) is 7.16. The number of nitriles is 1. The fraction of sp³-hybridized carbons (Fsp3) is 0.462. The molecule has 0 amide bonds. The molecule has 0 saturated carbocycles. The monoisotopic (exact) mass is 251 g/mol. The van der Waals surface area contributed by atoms with E-state index in [1.807, 2.05) is 12.1 Å². The molecule has 0 fully saturated rings. The van der Waals surface area contributed by atoms with E-state index in [0.717, 1.165) is 25.2 Å². The molecule has 1 N–H and O–H groups in total. The predicted molar refractivity (Wildman–Crippen MR) is 72.4 cm³/mol. The second-order valence-corrected chi connectivity index (χ2v) is 4.65. The van der Waals surface area contributed by atoms with Crippen LogP contribution < -0.4 is 5.32 Å². The van der Waals surface area contributed by atoms with Crippen molar-refractivity contribution in [1.82, 2.24) is 4.90 Å². The van der Waals surface area contributed by atoms with Gasteiger partial charge >= 0.3 is 0 Å². The van der Waals surface area contributed by atoms with Gasteiger partial charge in [-0.25, -0.2) is 0 Å². The summed E-state index contributed by atoms with van der Waals surface area (Å²) >= 11 is 5.94. The van der Waals surface area contributed by atoms with Crippen LogP contribution in [0.4, 0.5) is 5.69 Å². The van der Waals surface area contributed by atoms with Crippen molar-refractivity contribution < 1.29 is 0 Å². The number of halogens is 1. The molecule has 0 atom stereocenters. The second-order valence-electron chi connectivity index (χ2n) is 4.24. The van der Waals surface area contributed by atoms with Crippen LogP contribution in [0.25, 0.3) is 0 Å². The van der Waals surface area contributed by atoms with E-state index in [4.69, 9.17) is 16.9 Å². The van der Waals surface area contributed by atoms with E-state index in [9.17, 15) is 0 Å². The first-order chi connectivity index (χ1) is 8.13. The number of nitrogens with one attached hydrogen (secondary N) is 1. The lowest BCUT2D eigenvalue weighted by Gasteiger charge is -2.10. The summed E-state index contributed by atoms with van der Waals surface area (Å²) < 4.78 is 0. The first-order valence-corrected chi connectivity index (χ1v) is 6.09. The molecule has 3 nitrogen and oxygen atoms in total. The molecule has 0 aromatic heterocycles. The summed E-state index contributed by atoms with van der Waals surface area (Å²) in [6.45, 7) is 2.03. The summed E-state index contributed by atoms with van der Waals surface area (Å²) in [7, 11) is 4.15. The van der Waals surface area contributed by atoms with Gasteiger partial charge in [0.2, 0.25) is 0 Å². The quantitative estimate of drug-likeness (QED) is 0.790. The molecule has 0 aliphatic heterocycles. The van der Waals surface area contributed by atoms with E-state index in [2.05, 4.69) is 24.3 Å². The third-order valence-electron chi connectivity index (χ3n) is 2.45. The molecule has 4 heteroatoms. The summed E-state index contributed by atoms with van der Waals surface area (Å²) in [5.74, 6) is 0. The first kappa shape index (κ1) is 13.8. The van der Waals surface area contributed by atoms with Crippen LogP contribution >= 0.6 is 11.6 Å². The Labute approximate surface area is 108 Å². The predicted octanol–water partition coefficient (Wildman–Crippen LogP) is 2.97. The molecule has 1 aromatic rings. The van der Waals surface area contributed by atoms with E-state index in [1.165, 1.54) is 6.42 Å². The zero-order valence-electron chi connectivity index (χ0n) is 10.3. The third-order valence-corrected chi connectivity index (χ3v) is 2.76. The molecule has 0 bridgehead atoms. The molecule has 0 aliphatic carbocycles. The Morgan fingerprint density at radius 1 is 1.35 bits per heavy atom. The molecule has 92 valence electrons. The van der Waals surface area contributed by atoms with Gasteiger partial charge in [-0.1, -0.05) is 11.6 Å². The van der Waals surface area contributed by atoms with Crippen LogP contribution in [-0.4, -0.2) is 32.1 Å². The van der Waals surface area contributed by atoms with Crippen LogP contribution in [0.2, 0.25) is 5.02 Å². The fourth-order valence-corrected chi connectivity index (χ4v) is 1.72. The van der Waals surface area contributed by atoms with Gasteiger partial charge in [0, 0.05) is 12.2 Å². The molecular weight excluding hydrogens is 234 g/mol. The Morgan fingerprint density at radius 2 is 2.12 bits per heavy atom. The topological polar surface area (TPSA) is 39.1 Å². The molecular formula is C13H18ClN3. The lowest BCUT2D eigenvalue weighted by Crippen LogP contribution is -2.14. The van der Waals surface area contributed by atoms with Gasteiger partial charge in [-0.05, 0) is 51.7 Å². The number of hydrogen-bond donors (Lipinski definition) is 1. The van der Waals surface area contributed by atoms with Gasteiger partial charge in [-0.15, -0.1) is 0 Å². The number of anilines is 1. The van der Waals surface area contributed by atoms with Gasteiger partial charge in [0.25, 0.3) is 0 Å². The van der Waals surface area contributed by atoms with Crippen LogP contribution in [0.3, 0.4) is 0 Å². The summed E-state index contributed by atoms with van der Waals surface area (Å²) in [6.07, 6.45) is 2.29. The van der Waals surface area contributed by atoms with Gasteiger partial charge in [0.1, 0.15) is 6.07 Å². The number of unbranched alkanes of at least 4 members (excludes halogenated alkanes) is 1. The highest BCUT2D eigenvalue weighted by Gasteiger charge is 2.00. The van der Waals surface area contributed by atoms with Gasteiger partial charge in [0.15, 0.2) is 0 Å². The molecule has 1 aromatic carbocycles. The van der Waals surface area contributed by atoms with Crippen molar-refractivity contribution in [3.8, 4) is 6.07 Å².